The molecule has 2 N–H and O–H groups in total. The molecule has 4 nitrogen and oxygen atoms in total. The van der Waals surface area contributed by atoms with Gasteiger partial charge in [-0.25, -0.2) is 13.6 Å². The highest BCUT2D eigenvalue weighted by Gasteiger charge is 2.25. The Kier molecular flexibility index (Phi) is 3.41. The quantitative estimate of drug-likeness (QED) is 0.691. The van der Waals surface area contributed by atoms with Gasteiger partial charge in [0.25, 0.3) is 6.43 Å². The van der Waals surface area contributed by atoms with Gasteiger partial charge in [0.05, 0.1) is 6.54 Å². The fourth-order valence-electron chi connectivity index (χ4n) is 1.49. The summed E-state index contributed by atoms with van der Waals surface area (Å²) in [7, 11) is 0. The third-order valence-electron chi connectivity index (χ3n) is 2.00. The minimum Gasteiger partial charge on any atom is -0.465 e. The molecule has 0 aromatic rings. The Hall–Kier alpha value is -0.910. The topological polar surface area (TPSA) is 52.6 Å². The summed E-state index contributed by atoms with van der Waals surface area (Å²) in [5, 5.41) is 10.6. The van der Waals surface area contributed by atoms with Crippen LogP contribution in [0.3, 0.4) is 0 Å². The minimum atomic E-state index is -2.34. The summed E-state index contributed by atoms with van der Waals surface area (Å²) < 4.78 is 23.8. The number of nitrogens with zero attached hydrogens (tertiary/aromatic N) is 1. The van der Waals surface area contributed by atoms with Crippen molar-refractivity contribution < 1.29 is 18.7 Å². The van der Waals surface area contributed by atoms with E-state index in [4.69, 9.17) is 5.11 Å². The van der Waals surface area contributed by atoms with Gasteiger partial charge < -0.3 is 10.4 Å². The summed E-state index contributed by atoms with van der Waals surface area (Å²) >= 11 is 0. The second-order valence-electron chi connectivity index (χ2n) is 3.09. The average molecular weight is 194 g/mol. The van der Waals surface area contributed by atoms with E-state index in [1.165, 1.54) is 0 Å². The minimum absolute atomic E-state index is 0.198. The highest BCUT2D eigenvalue weighted by Crippen LogP contribution is 2.10. The lowest BCUT2D eigenvalue weighted by molar-refractivity contribution is 0.0986. The summed E-state index contributed by atoms with van der Waals surface area (Å²) in [5.74, 6) is 0. The molecule has 0 aromatic heterocycles. The molecule has 1 amide bonds. The monoisotopic (exact) mass is 194 g/mol. The van der Waals surface area contributed by atoms with Crippen LogP contribution in [0.4, 0.5) is 13.6 Å². The van der Waals surface area contributed by atoms with Gasteiger partial charge in [-0.15, -0.1) is 0 Å². The van der Waals surface area contributed by atoms with Crippen molar-refractivity contribution in [3.8, 4) is 0 Å². The molecular formula is C7H12F2N2O2. The number of nitrogens with one attached hydrogen (secondary N) is 1. The molecule has 1 aliphatic heterocycles. The van der Waals surface area contributed by atoms with Gasteiger partial charge in [-0.2, -0.15) is 0 Å². The molecule has 13 heavy (non-hydrogen) atoms. The average Bonchev–Trinajstić information content (AvgIpc) is 2.33. The molecule has 76 valence electrons. The van der Waals surface area contributed by atoms with Crippen molar-refractivity contribution in [2.24, 2.45) is 0 Å². The largest absolute Gasteiger partial charge is 0.465 e. The Morgan fingerprint density at radius 2 is 2.38 bits per heavy atom. The van der Waals surface area contributed by atoms with Crippen molar-refractivity contribution in [2.45, 2.75) is 18.9 Å². The van der Waals surface area contributed by atoms with E-state index in [0.29, 0.717) is 19.5 Å². The van der Waals surface area contributed by atoms with Crippen LogP contribution < -0.4 is 5.32 Å². The number of amides is 1. The molecule has 1 unspecified atom stereocenters. The van der Waals surface area contributed by atoms with Crippen molar-refractivity contribution in [3.05, 3.63) is 0 Å². The fourth-order valence-corrected chi connectivity index (χ4v) is 1.49. The number of halogens is 2. The molecule has 1 atom stereocenters. The molecule has 0 radical (unpaired) electrons. The lowest BCUT2D eigenvalue weighted by atomic mass is 10.3. The predicted octanol–water partition coefficient (Wildman–Crippen LogP) is 0.593. The Balaban J connectivity index is 2.24. The van der Waals surface area contributed by atoms with E-state index in [0.717, 1.165) is 0 Å². The highest BCUT2D eigenvalue weighted by atomic mass is 19.3. The number of alkyl halides is 2. The SMILES string of the molecule is O=C(O)NC1CCN(CC(F)F)C1. The first-order valence-corrected chi connectivity index (χ1v) is 4.08. The molecule has 1 aliphatic rings. The van der Waals surface area contributed by atoms with E-state index in [9.17, 15) is 13.6 Å². The smallest absolute Gasteiger partial charge is 0.404 e. The van der Waals surface area contributed by atoms with Gasteiger partial charge >= 0.3 is 6.09 Å². The van der Waals surface area contributed by atoms with E-state index < -0.39 is 12.5 Å². The summed E-state index contributed by atoms with van der Waals surface area (Å²) in [6.45, 7) is 0.656. The van der Waals surface area contributed by atoms with Crippen LogP contribution in [0.25, 0.3) is 0 Å². The van der Waals surface area contributed by atoms with Crippen LogP contribution >= 0.6 is 0 Å². The van der Waals surface area contributed by atoms with Crippen LogP contribution in [0, 0.1) is 0 Å². The molecule has 0 spiro atoms. The normalized spacial score (nSPS) is 23.8. The lowest BCUT2D eigenvalue weighted by Crippen LogP contribution is -2.36. The Labute approximate surface area is 74.5 Å². The standard InChI is InChI=1S/C7H12F2N2O2/c8-6(9)4-11-2-1-5(3-11)10-7(12)13/h5-6,10H,1-4H2,(H,12,13). The number of carbonyl (C=O) groups is 1. The molecule has 1 rings (SSSR count). The maximum atomic E-state index is 11.9. The van der Waals surface area contributed by atoms with Crippen molar-refractivity contribution in [3.63, 3.8) is 0 Å². The summed E-state index contributed by atoms with van der Waals surface area (Å²) in [4.78, 5) is 11.8. The van der Waals surface area contributed by atoms with Gasteiger partial charge in [-0.1, -0.05) is 0 Å². The van der Waals surface area contributed by atoms with Gasteiger partial charge in [-0.3, -0.25) is 4.90 Å². The Bertz CT molecular complexity index is 189. The third kappa shape index (κ3) is 3.54. The third-order valence-corrected chi connectivity index (χ3v) is 2.00. The van der Waals surface area contributed by atoms with Gasteiger partial charge in [0.2, 0.25) is 0 Å². The van der Waals surface area contributed by atoms with Crippen molar-refractivity contribution in [1.82, 2.24) is 10.2 Å². The molecule has 1 heterocycles. The number of carboxylic acid groups (broad SMARTS) is 1. The van der Waals surface area contributed by atoms with Crippen LogP contribution in [-0.2, 0) is 0 Å². The number of likely N-dealkylation sites (tertiary alicyclic amines) is 1. The van der Waals surface area contributed by atoms with Crippen LogP contribution in [0.15, 0.2) is 0 Å². The Morgan fingerprint density at radius 1 is 1.69 bits per heavy atom. The van der Waals surface area contributed by atoms with Crippen LogP contribution in [-0.4, -0.2) is 48.2 Å². The van der Waals surface area contributed by atoms with Crippen molar-refractivity contribution >= 4 is 6.09 Å². The molecule has 1 saturated heterocycles. The van der Waals surface area contributed by atoms with E-state index >= 15 is 0 Å². The first-order chi connectivity index (χ1) is 6.08. The molecule has 0 aromatic carbocycles. The van der Waals surface area contributed by atoms with Gasteiger partial charge in [0, 0.05) is 19.1 Å². The Morgan fingerprint density at radius 3 is 2.92 bits per heavy atom. The molecule has 0 bridgehead atoms. The maximum absolute atomic E-state index is 11.9. The molecule has 1 fully saturated rings. The molecule has 0 saturated carbocycles. The van der Waals surface area contributed by atoms with Crippen LogP contribution in [0.5, 0.6) is 0 Å². The number of rotatable bonds is 3. The zero-order valence-electron chi connectivity index (χ0n) is 7.04. The highest BCUT2D eigenvalue weighted by molar-refractivity contribution is 5.64. The second-order valence-corrected chi connectivity index (χ2v) is 3.09. The van der Waals surface area contributed by atoms with Gasteiger partial charge in [-0.05, 0) is 6.42 Å². The van der Waals surface area contributed by atoms with Gasteiger partial charge in [0.1, 0.15) is 0 Å². The lowest BCUT2D eigenvalue weighted by Gasteiger charge is -2.14. The predicted molar refractivity (Wildman–Crippen MR) is 42.0 cm³/mol. The second kappa shape index (κ2) is 4.36. The fraction of sp³-hybridized carbons (Fsp3) is 0.857. The molecule has 6 heteroatoms. The van der Waals surface area contributed by atoms with Gasteiger partial charge in [0.15, 0.2) is 0 Å². The van der Waals surface area contributed by atoms with E-state index in [2.05, 4.69) is 5.32 Å². The van der Waals surface area contributed by atoms with E-state index in [1.54, 1.807) is 4.90 Å². The van der Waals surface area contributed by atoms with Crippen LogP contribution in [0.2, 0.25) is 0 Å². The van der Waals surface area contributed by atoms with E-state index in [-0.39, 0.29) is 12.6 Å². The molecule has 0 aliphatic carbocycles. The first-order valence-electron chi connectivity index (χ1n) is 4.08. The zero-order chi connectivity index (χ0) is 9.84. The zero-order valence-corrected chi connectivity index (χ0v) is 7.04. The van der Waals surface area contributed by atoms with E-state index in [1.807, 2.05) is 0 Å². The van der Waals surface area contributed by atoms with Crippen molar-refractivity contribution in [1.29, 1.82) is 0 Å². The molecular weight excluding hydrogens is 182 g/mol. The summed E-state index contributed by atoms with van der Waals surface area (Å²) in [6, 6.07) is -0.198. The first kappa shape index (κ1) is 10.2. The number of hydrogen-bond acceptors (Lipinski definition) is 2. The van der Waals surface area contributed by atoms with Crippen molar-refractivity contribution in [2.75, 3.05) is 19.6 Å². The maximum Gasteiger partial charge on any atom is 0.404 e. The summed E-state index contributed by atoms with van der Waals surface area (Å²) in [6.07, 6.45) is -2.83. The summed E-state index contributed by atoms with van der Waals surface area (Å²) in [5.41, 5.74) is 0. The number of hydrogen-bond donors (Lipinski definition) is 2. The van der Waals surface area contributed by atoms with Crippen LogP contribution in [0.1, 0.15) is 6.42 Å².